The Morgan fingerprint density at radius 3 is 2.36 bits per heavy atom. The molecule has 0 bridgehead atoms. The van der Waals surface area contributed by atoms with Crippen LogP contribution >= 0.6 is 0 Å². The van der Waals surface area contributed by atoms with Crippen LogP contribution in [0.25, 0.3) is 22.1 Å². The molecule has 1 atom stereocenters. The number of rotatable bonds is 19. The summed E-state index contributed by atoms with van der Waals surface area (Å²) in [6.07, 6.45) is 3.11. The van der Waals surface area contributed by atoms with E-state index >= 15 is 0 Å². The van der Waals surface area contributed by atoms with Gasteiger partial charge >= 0.3 is 0 Å². The summed E-state index contributed by atoms with van der Waals surface area (Å²) in [7, 11) is 1.84. The summed E-state index contributed by atoms with van der Waals surface area (Å²) >= 11 is 0. The first-order valence-corrected chi connectivity index (χ1v) is 19.1. The van der Waals surface area contributed by atoms with Gasteiger partial charge in [0, 0.05) is 36.5 Å². The summed E-state index contributed by atoms with van der Waals surface area (Å²) < 4.78 is 17.8. The SMILES string of the molecule is CCN/C(=C\C(C)=N)C(=O)Nc1nc2cc(C(N)=O)cc(OCCCNC)c2n1CCC[C@H]1COc2cc(C(N)=O)cc3nc(NC(=O)c4cc(C)nn4CC)n1c23. The molecule has 0 aliphatic carbocycles. The lowest BCUT2D eigenvalue weighted by atomic mass is 10.1. The zero-order valence-corrected chi connectivity index (χ0v) is 33.2. The molecule has 0 saturated carbocycles. The molecule has 0 saturated heterocycles. The summed E-state index contributed by atoms with van der Waals surface area (Å²) in [6.45, 7) is 9.58. The molecule has 1 aliphatic heterocycles. The van der Waals surface area contributed by atoms with Crippen molar-refractivity contribution in [1.29, 1.82) is 5.41 Å². The molecule has 2 aromatic carbocycles. The number of ether oxygens (including phenoxy) is 2. The molecule has 306 valence electrons. The van der Waals surface area contributed by atoms with Gasteiger partial charge in [0.1, 0.15) is 40.5 Å². The quantitative estimate of drug-likeness (QED) is 0.0362. The molecule has 19 heteroatoms. The van der Waals surface area contributed by atoms with Crippen LogP contribution in [0.3, 0.4) is 0 Å². The standard InChI is InChI=1S/C39H49N13O6/c1-6-44-28(14-21(3)40)36(55)47-38-45-26-16-23(34(41)53)18-30(57-13-9-11-43-5)32(26)50(38)12-8-10-25-20-58-31-19-24(35(42)54)17-27-33(31)52(25)39(46-27)48-37(56)29-15-22(4)49-51(29)7-2/h14-19,25,40,43-44H,6-13,20H2,1-5H3,(H2,41,53)(H2,42,54)(H,45,47,55)(H,46,48,56)/b28-14-,40-21?/t25-/m0/s1. The van der Waals surface area contributed by atoms with Crippen LogP contribution in [0.15, 0.2) is 42.1 Å². The Kier molecular flexibility index (Phi) is 12.4. The van der Waals surface area contributed by atoms with Crippen molar-refractivity contribution in [2.45, 2.75) is 66.1 Å². The topological polar surface area (TPSA) is 264 Å². The highest BCUT2D eigenvalue weighted by Gasteiger charge is 2.30. The number of hydrogen-bond donors (Lipinski definition) is 7. The van der Waals surface area contributed by atoms with E-state index in [-0.39, 0.29) is 47.1 Å². The molecule has 0 radical (unpaired) electrons. The molecule has 19 nitrogen and oxygen atoms in total. The van der Waals surface area contributed by atoms with E-state index in [1.54, 1.807) is 41.9 Å². The van der Waals surface area contributed by atoms with Crippen LogP contribution < -0.4 is 42.2 Å². The number of nitrogens with two attached hydrogens (primary N) is 2. The van der Waals surface area contributed by atoms with E-state index in [1.807, 2.05) is 37.0 Å². The summed E-state index contributed by atoms with van der Waals surface area (Å²) in [5, 5.41) is 24.3. The first kappa shape index (κ1) is 40.9. The second kappa shape index (κ2) is 17.6. The molecule has 4 amide bonds. The van der Waals surface area contributed by atoms with E-state index in [9.17, 15) is 19.2 Å². The van der Waals surface area contributed by atoms with Crippen LogP contribution in [-0.4, -0.2) is 91.6 Å². The van der Waals surface area contributed by atoms with Gasteiger partial charge < -0.3 is 46.1 Å². The van der Waals surface area contributed by atoms with Crippen LogP contribution in [0.5, 0.6) is 11.5 Å². The number of aromatic nitrogens is 6. The number of carbonyl (C=O) groups excluding carboxylic acids is 4. The summed E-state index contributed by atoms with van der Waals surface area (Å²) in [5.41, 5.74) is 15.1. The first-order chi connectivity index (χ1) is 27.8. The number of fused-ring (bicyclic) bond motifs is 1. The second-order valence-electron chi connectivity index (χ2n) is 13.9. The van der Waals surface area contributed by atoms with Gasteiger partial charge in [0.15, 0.2) is 0 Å². The van der Waals surface area contributed by atoms with E-state index in [2.05, 4.69) is 26.4 Å². The van der Waals surface area contributed by atoms with E-state index in [0.29, 0.717) is 97.0 Å². The number of likely N-dealkylation sites (N-methyl/N-ethyl adjacent to an activating group) is 1. The lowest BCUT2D eigenvalue weighted by Crippen LogP contribution is -2.28. The number of carbonyl (C=O) groups is 4. The van der Waals surface area contributed by atoms with Gasteiger partial charge in [0.25, 0.3) is 11.8 Å². The van der Waals surface area contributed by atoms with E-state index < -0.39 is 23.6 Å². The Morgan fingerprint density at radius 1 is 0.983 bits per heavy atom. The largest absolute Gasteiger partial charge is 0.491 e. The molecule has 0 fully saturated rings. The molecule has 1 aliphatic rings. The number of amides is 4. The Hall–Kier alpha value is -6.76. The number of allylic oxidation sites excluding steroid dienone is 1. The Morgan fingerprint density at radius 2 is 1.69 bits per heavy atom. The zero-order valence-electron chi connectivity index (χ0n) is 33.2. The highest BCUT2D eigenvalue weighted by atomic mass is 16.5. The maximum Gasteiger partial charge on any atom is 0.276 e. The molecule has 3 aromatic heterocycles. The minimum Gasteiger partial charge on any atom is -0.491 e. The predicted octanol–water partition coefficient (Wildman–Crippen LogP) is 3.23. The van der Waals surface area contributed by atoms with Crippen molar-refractivity contribution in [3.05, 3.63) is 64.6 Å². The van der Waals surface area contributed by atoms with Gasteiger partial charge in [-0.25, -0.2) is 9.97 Å². The van der Waals surface area contributed by atoms with Crippen molar-refractivity contribution in [3.63, 3.8) is 0 Å². The fraction of sp³-hybridized carbons (Fsp3) is 0.385. The van der Waals surface area contributed by atoms with Gasteiger partial charge in [0.05, 0.1) is 29.4 Å². The third-order valence-electron chi connectivity index (χ3n) is 9.53. The van der Waals surface area contributed by atoms with Crippen LogP contribution in [0.2, 0.25) is 0 Å². The fourth-order valence-corrected chi connectivity index (χ4v) is 6.98. The third-order valence-corrected chi connectivity index (χ3v) is 9.53. The van der Waals surface area contributed by atoms with Gasteiger partial charge in [-0.3, -0.25) is 34.5 Å². The highest BCUT2D eigenvalue weighted by molar-refractivity contribution is 6.08. The molecular formula is C39H49N13O6. The Labute approximate surface area is 334 Å². The Balaban J connectivity index is 1.37. The molecule has 58 heavy (non-hydrogen) atoms. The van der Waals surface area contributed by atoms with Gasteiger partial charge in [-0.05, 0) is 97.0 Å². The molecule has 9 N–H and O–H groups in total. The van der Waals surface area contributed by atoms with Crippen LogP contribution in [0, 0.1) is 12.3 Å². The highest BCUT2D eigenvalue weighted by Crippen LogP contribution is 2.39. The molecule has 0 unspecified atom stereocenters. The normalized spacial score (nSPS) is 13.7. The van der Waals surface area contributed by atoms with Crippen LogP contribution in [0.1, 0.15) is 83.0 Å². The predicted molar refractivity (Wildman–Crippen MR) is 219 cm³/mol. The van der Waals surface area contributed by atoms with Crippen molar-refractivity contribution < 1.29 is 28.7 Å². The number of benzene rings is 2. The second-order valence-corrected chi connectivity index (χ2v) is 13.9. The maximum atomic E-state index is 13.7. The lowest BCUT2D eigenvalue weighted by molar-refractivity contribution is -0.113. The monoisotopic (exact) mass is 795 g/mol. The number of nitrogens with zero attached hydrogens (tertiary/aromatic N) is 6. The molecule has 0 spiro atoms. The van der Waals surface area contributed by atoms with E-state index in [1.165, 1.54) is 6.08 Å². The summed E-state index contributed by atoms with van der Waals surface area (Å²) in [4.78, 5) is 61.4. The Bertz CT molecular complexity index is 2440. The molecule has 5 aromatic rings. The fourth-order valence-electron chi connectivity index (χ4n) is 6.98. The minimum atomic E-state index is -0.662. The average molecular weight is 796 g/mol. The van der Waals surface area contributed by atoms with Gasteiger partial charge in [0.2, 0.25) is 23.7 Å². The zero-order chi connectivity index (χ0) is 41.7. The lowest BCUT2D eigenvalue weighted by Gasteiger charge is -2.27. The van der Waals surface area contributed by atoms with Crippen LogP contribution in [0.4, 0.5) is 11.9 Å². The molecule has 6 rings (SSSR count). The number of primary amides is 2. The summed E-state index contributed by atoms with van der Waals surface area (Å²) in [6, 6.07) is 7.64. The minimum absolute atomic E-state index is 0.181. The van der Waals surface area contributed by atoms with Crippen molar-refractivity contribution in [2.75, 3.05) is 44.0 Å². The first-order valence-electron chi connectivity index (χ1n) is 19.1. The van der Waals surface area contributed by atoms with Crippen molar-refractivity contribution in [3.8, 4) is 11.5 Å². The van der Waals surface area contributed by atoms with Crippen molar-refractivity contribution in [2.24, 2.45) is 11.5 Å². The maximum absolute atomic E-state index is 13.7. The summed E-state index contributed by atoms with van der Waals surface area (Å²) in [5.74, 6) is -0.978. The van der Waals surface area contributed by atoms with Gasteiger partial charge in [-0.2, -0.15) is 5.10 Å². The van der Waals surface area contributed by atoms with Gasteiger partial charge in [-0.15, -0.1) is 0 Å². The number of anilines is 2. The van der Waals surface area contributed by atoms with Gasteiger partial charge in [-0.1, -0.05) is 0 Å². The average Bonchev–Trinajstić information content (AvgIpc) is 3.86. The van der Waals surface area contributed by atoms with E-state index in [4.69, 9.17) is 36.3 Å². The number of nitrogens with one attached hydrogen (secondary N) is 5. The van der Waals surface area contributed by atoms with Crippen molar-refractivity contribution >= 4 is 63.3 Å². The van der Waals surface area contributed by atoms with Crippen molar-refractivity contribution in [1.82, 2.24) is 39.5 Å². The number of aryl methyl sites for hydroxylation is 3. The van der Waals surface area contributed by atoms with E-state index in [0.717, 1.165) is 0 Å². The number of imidazole rings is 2. The molecule has 4 heterocycles. The smallest absolute Gasteiger partial charge is 0.276 e. The third kappa shape index (κ3) is 8.63. The van der Waals surface area contributed by atoms with Crippen LogP contribution in [-0.2, 0) is 17.9 Å². The number of hydrogen-bond acceptors (Lipinski definition) is 12. The molecular weight excluding hydrogens is 747 g/mol.